The van der Waals surface area contributed by atoms with Crippen LogP contribution in [0.25, 0.3) is 0 Å². The molecule has 0 aromatic carbocycles. The Hall–Kier alpha value is -0.0800. The van der Waals surface area contributed by atoms with E-state index in [1.54, 1.807) is 0 Å². The summed E-state index contributed by atoms with van der Waals surface area (Å²) in [5.74, 6) is 0. The first-order valence-corrected chi connectivity index (χ1v) is 4.87. The molecule has 0 amide bonds. The molecular formula is C10H24N2. The molecule has 74 valence electrons. The Balaban J connectivity index is 3.46. The molecule has 0 spiro atoms. The lowest BCUT2D eigenvalue weighted by Crippen LogP contribution is -2.42. The summed E-state index contributed by atoms with van der Waals surface area (Å²) >= 11 is 0. The highest BCUT2D eigenvalue weighted by Gasteiger charge is 2.14. The van der Waals surface area contributed by atoms with Gasteiger partial charge in [-0.15, -0.1) is 0 Å². The fraction of sp³-hybridized carbons (Fsp3) is 1.00. The zero-order chi connectivity index (χ0) is 9.61. The van der Waals surface area contributed by atoms with Crippen molar-refractivity contribution in [2.24, 2.45) is 0 Å². The Bertz CT molecular complexity index is 108. The third-order valence-electron chi connectivity index (χ3n) is 2.04. The van der Waals surface area contributed by atoms with Gasteiger partial charge >= 0.3 is 0 Å². The average Bonchev–Trinajstić information content (AvgIpc) is 1.85. The lowest BCUT2D eigenvalue weighted by molar-refractivity contribution is 0.322. The lowest BCUT2D eigenvalue weighted by Gasteiger charge is -2.26. The lowest BCUT2D eigenvalue weighted by atomic mass is 9.99. The zero-order valence-electron chi connectivity index (χ0n) is 9.28. The van der Waals surface area contributed by atoms with Crippen LogP contribution >= 0.6 is 0 Å². The molecule has 0 bridgehead atoms. The van der Waals surface area contributed by atoms with E-state index < -0.39 is 0 Å². The summed E-state index contributed by atoms with van der Waals surface area (Å²) < 4.78 is 0. The van der Waals surface area contributed by atoms with E-state index in [1.165, 1.54) is 12.8 Å². The van der Waals surface area contributed by atoms with Crippen molar-refractivity contribution in [2.75, 3.05) is 27.2 Å². The molecule has 12 heavy (non-hydrogen) atoms. The van der Waals surface area contributed by atoms with Crippen molar-refractivity contribution in [3.8, 4) is 0 Å². The van der Waals surface area contributed by atoms with Crippen molar-refractivity contribution < 1.29 is 0 Å². The quantitative estimate of drug-likeness (QED) is 0.656. The predicted octanol–water partition coefficient (Wildman–Crippen LogP) is 1.72. The summed E-state index contributed by atoms with van der Waals surface area (Å²) in [5, 5.41) is 3.55. The first kappa shape index (κ1) is 11.9. The molecule has 1 N–H and O–H groups in total. The second-order valence-corrected chi connectivity index (χ2v) is 4.36. The molecule has 0 aliphatic rings. The zero-order valence-corrected chi connectivity index (χ0v) is 9.28. The molecule has 2 nitrogen and oxygen atoms in total. The minimum atomic E-state index is 0.310. The average molecular weight is 172 g/mol. The number of nitrogens with zero attached hydrogens (tertiary/aromatic N) is 1. The SMILES string of the molecule is CCCC(C)(C)NCCN(C)C. The van der Waals surface area contributed by atoms with Crippen LogP contribution < -0.4 is 5.32 Å². The fourth-order valence-corrected chi connectivity index (χ4v) is 1.33. The number of nitrogens with one attached hydrogen (secondary N) is 1. The van der Waals surface area contributed by atoms with E-state index in [9.17, 15) is 0 Å². The molecule has 0 aliphatic heterocycles. The van der Waals surface area contributed by atoms with E-state index in [4.69, 9.17) is 0 Å². The maximum atomic E-state index is 3.55. The van der Waals surface area contributed by atoms with Gasteiger partial charge in [0, 0.05) is 18.6 Å². The third-order valence-corrected chi connectivity index (χ3v) is 2.04. The fourth-order valence-electron chi connectivity index (χ4n) is 1.33. The Morgan fingerprint density at radius 3 is 2.25 bits per heavy atom. The number of hydrogen-bond acceptors (Lipinski definition) is 2. The van der Waals surface area contributed by atoms with Gasteiger partial charge < -0.3 is 10.2 Å². The van der Waals surface area contributed by atoms with E-state index in [-0.39, 0.29) is 0 Å². The first-order valence-electron chi connectivity index (χ1n) is 4.87. The van der Waals surface area contributed by atoms with E-state index in [0.29, 0.717) is 5.54 Å². The monoisotopic (exact) mass is 172 g/mol. The van der Waals surface area contributed by atoms with Gasteiger partial charge in [-0.2, -0.15) is 0 Å². The summed E-state index contributed by atoms with van der Waals surface area (Å²) in [5.41, 5.74) is 0.310. The number of rotatable bonds is 6. The van der Waals surface area contributed by atoms with Crippen LogP contribution in [0.1, 0.15) is 33.6 Å². The Morgan fingerprint density at radius 2 is 1.83 bits per heavy atom. The normalized spacial score (nSPS) is 12.5. The molecule has 0 unspecified atom stereocenters. The van der Waals surface area contributed by atoms with Gasteiger partial charge in [-0.25, -0.2) is 0 Å². The molecule has 0 atom stereocenters. The van der Waals surface area contributed by atoms with Crippen molar-refractivity contribution >= 4 is 0 Å². The molecule has 0 aliphatic carbocycles. The molecule has 0 heterocycles. The third kappa shape index (κ3) is 6.62. The van der Waals surface area contributed by atoms with Gasteiger partial charge in [-0.05, 0) is 34.4 Å². The number of likely N-dealkylation sites (N-methyl/N-ethyl adjacent to an activating group) is 1. The van der Waals surface area contributed by atoms with Crippen LogP contribution in [0, 0.1) is 0 Å². The minimum Gasteiger partial charge on any atom is -0.311 e. The van der Waals surface area contributed by atoms with Crippen molar-refractivity contribution in [1.29, 1.82) is 0 Å². The van der Waals surface area contributed by atoms with Gasteiger partial charge in [0.05, 0.1) is 0 Å². The van der Waals surface area contributed by atoms with Crippen molar-refractivity contribution in [1.82, 2.24) is 10.2 Å². The molecule has 2 heteroatoms. The molecule has 0 radical (unpaired) electrons. The van der Waals surface area contributed by atoms with Gasteiger partial charge in [-0.3, -0.25) is 0 Å². The summed E-state index contributed by atoms with van der Waals surface area (Å²) in [7, 11) is 4.21. The van der Waals surface area contributed by atoms with Crippen LogP contribution in [0.4, 0.5) is 0 Å². The highest BCUT2D eigenvalue weighted by atomic mass is 15.1. The van der Waals surface area contributed by atoms with E-state index >= 15 is 0 Å². The minimum absolute atomic E-state index is 0.310. The van der Waals surface area contributed by atoms with Gasteiger partial charge in [-0.1, -0.05) is 13.3 Å². The Kier molecular flexibility index (Phi) is 5.51. The molecule has 0 aromatic rings. The van der Waals surface area contributed by atoms with Crippen molar-refractivity contribution in [3.63, 3.8) is 0 Å². The second kappa shape index (κ2) is 5.55. The highest BCUT2D eigenvalue weighted by molar-refractivity contribution is 4.76. The largest absolute Gasteiger partial charge is 0.311 e. The maximum absolute atomic E-state index is 3.55. The summed E-state index contributed by atoms with van der Waals surface area (Å²) in [6, 6.07) is 0. The molecule has 0 aromatic heterocycles. The Morgan fingerprint density at radius 1 is 1.25 bits per heavy atom. The molecular weight excluding hydrogens is 148 g/mol. The van der Waals surface area contributed by atoms with Crippen molar-refractivity contribution in [2.45, 2.75) is 39.2 Å². The molecule has 0 fully saturated rings. The second-order valence-electron chi connectivity index (χ2n) is 4.36. The van der Waals surface area contributed by atoms with Crippen LogP contribution in [-0.4, -0.2) is 37.6 Å². The van der Waals surface area contributed by atoms with Crippen LogP contribution in [0.5, 0.6) is 0 Å². The van der Waals surface area contributed by atoms with Gasteiger partial charge in [0.15, 0.2) is 0 Å². The van der Waals surface area contributed by atoms with Gasteiger partial charge in [0.2, 0.25) is 0 Å². The van der Waals surface area contributed by atoms with Crippen LogP contribution in [-0.2, 0) is 0 Å². The van der Waals surface area contributed by atoms with Crippen LogP contribution in [0.15, 0.2) is 0 Å². The van der Waals surface area contributed by atoms with Gasteiger partial charge in [0.25, 0.3) is 0 Å². The summed E-state index contributed by atoms with van der Waals surface area (Å²) in [6.07, 6.45) is 2.50. The first-order chi connectivity index (χ1) is 5.48. The van der Waals surface area contributed by atoms with Crippen LogP contribution in [0.2, 0.25) is 0 Å². The summed E-state index contributed by atoms with van der Waals surface area (Å²) in [4.78, 5) is 2.20. The molecule has 0 saturated carbocycles. The van der Waals surface area contributed by atoms with Gasteiger partial charge in [0.1, 0.15) is 0 Å². The Labute approximate surface area is 77.3 Å². The topological polar surface area (TPSA) is 15.3 Å². The molecule has 0 saturated heterocycles. The van der Waals surface area contributed by atoms with E-state index in [0.717, 1.165) is 13.1 Å². The smallest absolute Gasteiger partial charge is 0.0125 e. The summed E-state index contributed by atoms with van der Waals surface area (Å²) in [6.45, 7) is 8.97. The van der Waals surface area contributed by atoms with Crippen LogP contribution in [0.3, 0.4) is 0 Å². The van der Waals surface area contributed by atoms with E-state index in [1.807, 2.05) is 0 Å². The predicted molar refractivity (Wildman–Crippen MR) is 55.5 cm³/mol. The highest BCUT2D eigenvalue weighted by Crippen LogP contribution is 2.09. The van der Waals surface area contributed by atoms with E-state index in [2.05, 4.69) is 45.1 Å². The molecule has 0 rings (SSSR count). The van der Waals surface area contributed by atoms with Crippen molar-refractivity contribution in [3.05, 3.63) is 0 Å². The number of hydrogen-bond donors (Lipinski definition) is 1. The standard InChI is InChI=1S/C10H24N2/c1-6-7-10(2,3)11-8-9-12(4)5/h11H,6-9H2,1-5H3. The maximum Gasteiger partial charge on any atom is 0.0125 e.